The molecule has 0 bridgehead atoms. The molecule has 1 unspecified atom stereocenters. The molecule has 0 aliphatic heterocycles. The normalized spacial score (nSPS) is 13.9. The van der Waals surface area contributed by atoms with Crippen LogP contribution in [0.15, 0.2) is 31.0 Å². The van der Waals surface area contributed by atoms with Crippen LogP contribution in [0.4, 0.5) is 0 Å². The summed E-state index contributed by atoms with van der Waals surface area (Å²) in [6.45, 7) is 8.44. The average Bonchev–Trinajstić information content (AvgIpc) is 2.75. The summed E-state index contributed by atoms with van der Waals surface area (Å²) in [6.07, 6.45) is 6.25. The van der Waals surface area contributed by atoms with Gasteiger partial charge in [0, 0.05) is 37.3 Å². The van der Waals surface area contributed by atoms with Gasteiger partial charge in [0.15, 0.2) is 0 Å². The standard InChI is InChI=1S/C15H24N2O/c1-5-10-15(3,6-2)14(18)16-11-9-13-8-7-12-17(13)4/h5,7-8,12H,1,6,9-11H2,2-4H3,(H,16,18). The van der Waals surface area contributed by atoms with Gasteiger partial charge >= 0.3 is 0 Å². The Bertz CT molecular complexity index is 408. The topological polar surface area (TPSA) is 34.0 Å². The molecule has 0 saturated carbocycles. The number of carbonyl (C=O) groups is 1. The summed E-state index contributed by atoms with van der Waals surface area (Å²) in [4.78, 5) is 12.1. The van der Waals surface area contributed by atoms with Gasteiger partial charge in [-0.3, -0.25) is 4.79 Å². The predicted octanol–water partition coefficient (Wildman–Crippen LogP) is 2.68. The van der Waals surface area contributed by atoms with Crippen LogP contribution in [0.25, 0.3) is 0 Å². The lowest BCUT2D eigenvalue weighted by Crippen LogP contribution is -2.39. The summed E-state index contributed by atoms with van der Waals surface area (Å²) in [5.74, 6) is 0.124. The van der Waals surface area contributed by atoms with Crippen LogP contribution in [-0.2, 0) is 18.3 Å². The van der Waals surface area contributed by atoms with Crippen LogP contribution >= 0.6 is 0 Å². The smallest absolute Gasteiger partial charge is 0.226 e. The fraction of sp³-hybridized carbons (Fsp3) is 0.533. The quantitative estimate of drug-likeness (QED) is 0.740. The maximum absolute atomic E-state index is 12.1. The molecular weight excluding hydrogens is 224 g/mol. The van der Waals surface area contributed by atoms with Gasteiger partial charge in [-0.2, -0.15) is 0 Å². The highest BCUT2D eigenvalue weighted by Crippen LogP contribution is 2.26. The van der Waals surface area contributed by atoms with Crippen LogP contribution in [0, 0.1) is 5.41 Å². The third-order valence-corrected chi connectivity index (χ3v) is 3.64. The molecule has 1 heterocycles. The van der Waals surface area contributed by atoms with E-state index < -0.39 is 0 Å². The molecule has 0 fully saturated rings. The third-order valence-electron chi connectivity index (χ3n) is 3.64. The van der Waals surface area contributed by atoms with E-state index in [-0.39, 0.29) is 11.3 Å². The maximum Gasteiger partial charge on any atom is 0.226 e. The first-order valence-corrected chi connectivity index (χ1v) is 6.53. The number of aromatic nitrogens is 1. The number of carbonyl (C=O) groups excluding carboxylic acids is 1. The molecule has 1 aromatic rings. The largest absolute Gasteiger partial charge is 0.355 e. The summed E-state index contributed by atoms with van der Waals surface area (Å²) in [7, 11) is 2.02. The Morgan fingerprint density at radius 1 is 1.61 bits per heavy atom. The molecular formula is C15H24N2O. The van der Waals surface area contributed by atoms with Crippen molar-refractivity contribution in [1.82, 2.24) is 9.88 Å². The molecule has 0 aliphatic rings. The van der Waals surface area contributed by atoms with Gasteiger partial charge in [-0.1, -0.05) is 19.9 Å². The predicted molar refractivity (Wildman–Crippen MR) is 75.3 cm³/mol. The molecule has 0 aromatic carbocycles. The fourth-order valence-electron chi connectivity index (χ4n) is 1.99. The van der Waals surface area contributed by atoms with Crippen LogP contribution in [0.1, 0.15) is 32.4 Å². The van der Waals surface area contributed by atoms with Crippen molar-refractivity contribution in [3.63, 3.8) is 0 Å². The maximum atomic E-state index is 12.1. The number of hydrogen-bond acceptors (Lipinski definition) is 1. The zero-order chi connectivity index (χ0) is 13.6. The highest BCUT2D eigenvalue weighted by Gasteiger charge is 2.29. The average molecular weight is 248 g/mol. The fourth-order valence-corrected chi connectivity index (χ4v) is 1.99. The molecule has 1 amide bonds. The van der Waals surface area contributed by atoms with Gasteiger partial charge in [-0.05, 0) is 25.0 Å². The molecule has 0 spiro atoms. The van der Waals surface area contributed by atoms with Crippen molar-refractivity contribution >= 4 is 5.91 Å². The first-order valence-electron chi connectivity index (χ1n) is 6.53. The molecule has 0 aliphatic carbocycles. The Morgan fingerprint density at radius 2 is 2.33 bits per heavy atom. The molecule has 0 radical (unpaired) electrons. The lowest BCUT2D eigenvalue weighted by molar-refractivity contribution is -0.130. The zero-order valence-electron chi connectivity index (χ0n) is 11.7. The minimum atomic E-state index is -0.323. The van der Waals surface area contributed by atoms with E-state index in [0.29, 0.717) is 6.54 Å². The van der Waals surface area contributed by atoms with E-state index in [9.17, 15) is 4.79 Å². The van der Waals surface area contributed by atoms with Crippen molar-refractivity contribution in [2.24, 2.45) is 12.5 Å². The summed E-state index contributed by atoms with van der Waals surface area (Å²) >= 11 is 0. The molecule has 3 heteroatoms. The molecule has 100 valence electrons. The van der Waals surface area contributed by atoms with Gasteiger partial charge in [0.2, 0.25) is 5.91 Å². The van der Waals surface area contributed by atoms with E-state index in [4.69, 9.17) is 0 Å². The van der Waals surface area contributed by atoms with Crippen molar-refractivity contribution in [3.8, 4) is 0 Å². The van der Waals surface area contributed by atoms with Crippen molar-refractivity contribution in [1.29, 1.82) is 0 Å². The van der Waals surface area contributed by atoms with Gasteiger partial charge in [-0.15, -0.1) is 6.58 Å². The molecule has 18 heavy (non-hydrogen) atoms. The van der Waals surface area contributed by atoms with Crippen LogP contribution in [0.3, 0.4) is 0 Å². The molecule has 0 saturated heterocycles. The van der Waals surface area contributed by atoms with Crippen molar-refractivity contribution in [3.05, 3.63) is 36.7 Å². The minimum Gasteiger partial charge on any atom is -0.355 e. The van der Waals surface area contributed by atoms with E-state index in [0.717, 1.165) is 19.3 Å². The zero-order valence-corrected chi connectivity index (χ0v) is 11.7. The highest BCUT2D eigenvalue weighted by atomic mass is 16.2. The van der Waals surface area contributed by atoms with Gasteiger partial charge < -0.3 is 9.88 Å². The summed E-state index contributed by atoms with van der Waals surface area (Å²) in [5.41, 5.74) is 0.910. The van der Waals surface area contributed by atoms with Gasteiger partial charge in [0.25, 0.3) is 0 Å². The number of amides is 1. The Balaban J connectivity index is 2.45. The number of hydrogen-bond donors (Lipinski definition) is 1. The molecule has 1 N–H and O–H groups in total. The number of nitrogens with zero attached hydrogens (tertiary/aromatic N) is 1. The Hall–Kier alpha value is -1.51. The number of nitrogens with one attached hydrogen (secondary N) is 1. The first kappa shape index (κ1) is 14.6. The second kappa shape index (κ2) is 6.43. The van der Waals surface area contributed by atoms with Crippen LogP contribution in [0.5, 0.6) is 0 Å². The minimum absolute atomic E-state index is 0.124. The van der Waals surface area contributed by atoms with Gasteiger partial charge in [0.05, 0.1) is 0 Å². The summed E-state index contributed by atoms with van der Waals surface area (Å²) in [5, 5.41) is 3.02. The number of rotatable bonds is 7. The van der Waals surface area contributed by atoms with Crippen molar-refractivity contribution < 1.29 is 4.79 Å². The lowest BCUT2D eigenvalue weighted by Gasteiger charge is -2.25. The second-order valence-corrected chi connectivity index (χ2v) is 5.02. The Labute approximate surface area is 110 Å². The molecule has 1 atom stereocenters. The molecule has 3 nitrogen and oxygen atoms in total. The van der Waals surface area contributed by atoms with Crippen LogP contribution < -0.4 is 5.32 Å². The van der Waals surface area contributed by atoms with E-state index in [2.05, 4.69) is 22.5 Å². The first-order chi connectivity index (χ1) is 8.53. The van der Waals surface area contributed by atoms with Gasteiger partial charge in [-0.25, -0.2) is 0 Å². The SMILES string of the molecule is C=CCC(C)(CC)C(=O)NCCc1cccn1C. The molecule has 1 rings (SSSR count). The number of aryl methyl sites for hydroxylation is 1. The van der Waals surface area contributed by atoms with E-state index in [1.54, 1.807) is 0 Å². The molecule has 1 aromatic heterocycles. The van der Waals surface area contributed by atoms with E-state index in [1.165, 1.54) is 5.69 Å². The van der Waals surface area contributed by atoms with Gasteiger partial charge in [0.1, 0.15) is 0 Å². The Morgan fingerprint density at radius 3 is 2.83 bits per heavy atom. The third kappa shape index (κ3) is 3.49. The lowest BCUT2D eigenvalue weighted by atomic mass is 9.83. The second-order valence-electron chi connectivity index (χ2n) is 5.02. The van der Waals surface area contributed by atoms with E-state index in [1.807, 2.05) is 39.2 Å². The van der Waals surface area contributed by atoms with E-state index >= 15 is 0 Å². The van der Waals surface area contributed by atoms with Crippen molar-refractivity contribution in [2.75, 3.05) is 6.54 Å². The Kier molecular flexibility index (Phi) is 5.20. The highest BCUT2D eigenvalue weighted by molar-refractivity contribution is 5.82. The monoisotopic (exact) mass is 248 g/mol. The van der Waals surface area contributed by atoms with Crippen LogP contribution in [0.2, 0.25) is 0 Å². The summed E-state index contributed by atoms with van der Waals surface area (Å²) < 4.78 is 2.08. The summed E-state index contributed by atoms with van der Waals surface area (Å²) in [6, 6.07) is 4.10. The van der Waals surface area contributed by atoms with Crippen molar-refractivity contribution in [2.45, 2.75) is 33.1 Å². The van der Waals surface area contributed by atoms with Crippen LogP contribution in [-0.4, -0.2) is 17.0 Å². The number of allylic oxidation sites excluding steroid dienone is 1.